The highest BCUT2D eigenvalue weighted by Gasteiger charge is 2.31. The molecule has 19 heavy (non-hydrogen) atoms. The molecule has 0 aromatic carbocycles. The molecule has 0 aliphatic carbocycles. The van der Waals surface area contributed by atoms with Crippen molar-refractivity contribution in [2.24, 2.45) is 15.2 Å². The highest BCUT2D eigenvalue weighted by Crippen LogP contribution is 2.44. The predicted octanol–water partition coefficient (Wildman–Crippen LogP) is 4.82. The average molecular weight is 283 g/mol. The molecule has 4 heteroatoms. The molecular formula is C15H25NO2S. The lowest BCUT2D eigenvalue weighted by Crippen LogP contribution is -2.18. The van der Waals surface area contributed by atoms with E-state index in [4.69, 9.17) is 4.74 Å². The number of ether oxygens (including phenoxy) is 1. The van der Waals surface area contributed by atoms with E-state index < -0.39 is 16.8 Å². The van der Waals surface area contributed by atoms with Crippen LogP contribution in [0.3, 0.4) is 0 Å². The fourth-order valence-corrected chi connectivity index (χ4v) is 3.69. The lowest BCUT2D eigenvalue weighted by atomic mass is 9.74. The average Bonchev–Trinajstić information content (AvgIpc) is 2.60. The largest absolute Gasteiger partial charge is 0.448 e. The van der Waals surface area contributed by atoms with Crippen LogP contribution in [0.1, 0.15) is 48.5 Å². The summed E-state index contributed by atoms with van der Waals surface area (Å²) in [5.74, 6) is 0. The van der Waals surface area contributed by atoms with Gasteiger partial charge in [0.25, 0.3) is 0 Å². The topological polar surface area (TPSA) is 38.7 Å². The van der Waals surface area contributed by atoms with E-state index >= 15 is 0 Å². The van der Waals surface area contributed by atoms with Crippen molar-refractivity contribution in [3.05, 3.63) is 22.0 Å². The van der Waals surface area contributed by atoms with Gasteiger partial charge in [-0.15, -0.1) is 4.36 Å². The fourth-order valence-electron chi connectivity index (χ4n) is 1.85. The van der Waals surface area contributed by atoms with E-state index in [0.717, 1.165) is 0 Å². The lowest BCUT2D eigenvalue weighted by Gasteiger charge is -2.30. The van der Waals surface area contributed by atoms with E-state index in [0.29, 0.717) is 6.61 Å². The van der Waals surface area contributed by atoms with Gasteiger partial charge >= 0.3 is 6.09 Å². The van der Waals surface area contributed by atoms with Gasteiger partial charge in [-0.05, 0) is 50.4 Å². The van der Waals surface area contributed by atoms with E-state index in [-0.39, 0.29) is 10.8 Å². The summed E-state index contributed by atoms with van der Waals surface area (Å²) in [7, 11) is -0.486. The Hall–Kier alpha value is -0.900. The summed E-state index contributed by atoms with van der Waals surface area (Å²) in [5.41, 5.74) is 2.70. The number of hydrogen-bond acceptors (Lipinski definition) is 2. The summed E-state index contributed by atoms with van der Waals surface area (Å²) >= 11 is 0. The summed E-state index contributed by atoms with van der Waals surface area (Å²) in [6, 6.07) is 0. The van der Waals surface area contributed by atoms with Gasteiger partial charge in [0.1, 0.15) is 0 Å². The Kier molecular flexibility index (Phi) is 4.77. The van der Waals surface area contributed by atoms with Crippen LogP contribution in [-0.4, -0.2) is 12.7 Å². The van der Waals surface area contributed by atoms with Gasteiger partial charge in [-0.1, -0.05) is 41.5 Å². The molecule has 108 valence electrons. The summed E-state index contributed by atoms with van der Waals surface area (Å²) in [4.78, 5) is 11.5. The second kappa shape index (κ2) is 5.61. The van der Waals surface area contributed by atoms with Crippen molar-refractivity contribution < 1.29 is 9.53 Å². The number of rotatable bonds is 1. The van der Waals surface area contributed by atoms with E-state index in [2.05, 4.69) is 56.7 Å². The standard InChI is InChI=1S/C15H25NO2S/c1-8-18-13(17)16-19-9-11(14(2,3)4)12(10-19)15(5,6)7/h9-10H,8H2,1-7H3. The van der Waals surface area contributed by atoms with Crippen LogP contribution in [0.25, 0.3) is 0 Å². The van der Waals surface area contributed by atoms with Gasteiger partial charge in [0, 0.05) is 0 Å². The minimum atomic E-state index is -0.486. The lowest BCUT2D eigenvalue weighted by molar-refractivity contribution is 0.164. The van der Waals surface area contributed by atoms with Crippen molar-refractivity contribution in [3.63, 3.8) is 0 Å². The number of carbonyl (C=O) groups excluding carboxylic acids is 1. The van der Waals surface area contributed by atoms with Crippen LogP contribution in [0, 0.1) is 10.8 Å². The molecule has 1 aliphatic rings. The third kappa shape index (κ3) is 4.30. The molecule has 0 radical (unpaired) electrons. The third-order valence-electron chi connectivity index (χ3n) is 2.83. The maximum Gasteiger partial charge on any atom is 0.440 e. The second-order valence-electron chi connectivity index (χ2n) is 6.70. The molecular weight excluding hydrogens is 258 g/mol. The van der Waals surface area contributed by atoms with Crippen molar-refractivity contribution in [3.8, 4) is 0 Å². The normalized spacial score (nSPS) is 17.0. The first-order chi connectivity index (χ1) is 8.55. The van der Waals surface area contributed by atoms with E-state index in [1.165, 1.54) is 11.1 Å². The monoisotopic (exact) mass is 283 g/mol. The zero-order valence-corrected chi connectivity index (χ0v) is 13.9. The number of hydrogen-bond donors (Lipinski definition) is 0. The van der Waals surface area contributed by atoms with Crippen molar-refractivity contribution in [1.29, 1.82) is 0 Å². The third-order valence-corrected chi connectivity index (χ3v) is 4.15. The number of nitrogens with zero attached hydrogens (tertiary/aromatic N) is 1. The van der Waals surface area contributed by atoms with Crippen LogP contribution in [-0.2, 0) is 15.4 Å². The van der Waals surface area contributed by atoms with Crippen LogP contribution in [0.5, 0.6) is 0 Å². The van der Waals surface area contributed by atoms with Gasteiger partial charge in [0.2, 0.25) is 0 Å². The molecule has 0 fully saturated rings. The van der Waals surface area contributed by atoms with Gasteiger partial charge in [-0.2, -0.15) is 0 Å². The molecule has 1 rings (SSSR count). The first-order valence-electron chi connectivity index (χ1n) is 6.61. The molecule has 1 heterocycles. The van der Waals surface area contributed by atoms with Gasteiger partial charge in [-0.25, -0.2) is 4.79 Å². The van der Waals surface area contributed by atoms with Crippen molar-refractivity contribution in [2.45, 2.75) is 48.5 Å². The summed E-state index contributed by atoms with van der Waals surface area (Å²) < 4.78 is 9.00. The summed E-state index contributed by atoms with van der Waals surface area (Å²) in [6.45, 7) is 15.3. The predicted molar refractivity (Wildman–Crippen MR) is 81.9 cm³/mol. The minimum absolute atomic E-state index is 0.0606. The Labute approximate surface area is 119 Å². The molecule has 0 bridgehead atoms. The van der Waals surface area contributed by atoms with Crippen molar-refractivity contribution in [1.82, 2.24) is 0 Å². The highest BCUT2D eigenvalue weighted by atomic mass is 32.2. The molecule has 0 aromatic rings. The molecule has 0 saturated carbocycles. The molecule has 0 aromatic heterocycles. The Morgan fingerprint density at radius 2 is 1.53 bits per heavy atom. The minimum Gasteiger partial charge on any atom is -0.448 e. The van der Waals surface area contributed by atoms with Crippen molar-refractivity contribution >= 4 is 16.8 Å². The number of amides is 1. The molecule has 0 saturated heterocycles. The van der Waals surface area contributed by atoms with E-state index in [9.17, 15) is 4.79 Å². The van der Waals surface area contributed by atoms with Crippen LogP contribution < -0.4 is 0 Å². The Bertz CT molecular complexity index is 428. The number of allylic oxidation sites excluding steroid dienone is 2. The first-order valence-corrected chi connectivity index (χ1v) is 7.92. The zero-order valence-electron chi connectivity index (χ0n) is 13.0. The van der Waals surface area contributed by atoms with Gasteiger partial charge in [0.15, 0.2) is 0 Å². The summed E-state index contributed by atoms with van der Waals surface area (Å²) in [6.07, 6.45) is -0.471. The quantitative estimate of drug-likeness (QED) is 0.692. The van der Waals surface area contributed by atoms with E-state index in [1.54, 1.807) is 6.92 Å². The van der Waals surface area contributed by atoms with Crippen LogP contribution in [0.4, 0.5) is 4.79 Å². The van der Waals surface area contributed by atoms with Gasteiger partial charge in [-0.3, -0.25) is 0 Å². The smallest absolute Gasteiger partial charge is 0.440 e. The summed E-state index contributed by atoms with van der Waals surface area (Å²) in [5, 5.41) is 4.22. The number of carbonyl (C=O) groups is 1. The maximum atomic E-state index is 11.5. The molecule has 0 unspecified atom stereocenters. The van der Waals surface area contributed by atoms with Gasteiger partial charge < -0.3 is 4.74 Å². The van der Waals surface area contributed by atoms with Gasteiger partial charge in [0.05, 0.1) is 6.61 Å². The maximum absolute atomic E-state index is 11.5. The van der Waals surface area contributed by atoms with Crippen molar-refractivity contribution in [2.75, 3.05) is 6.61 Å². The second-order valence-corrected chi connectivity index (χ2v) is 8.05. The van der Waals surface area contributed by atoms with Crippen LogP contribution in [0.2, 0.25) is 0 Å². The highest BCUT2D eigenvalue weighted by molar-refractivity contribution is 7.93. The zero-order chi connectivity index (χ0) is 14.8. The Morgan fingerprint density at radius 1 is 1.11 bits per heavy atom. The fraction of sp³-hybridized carbons (Fsp3) is 0.667. The molecule has 0 atom stereocenters. The SMILES string of the molecule is CCOC(=O)N=S1C=C(C(C)(C)C)C(C(C)(C)C)=C1. The molecule has 1 aliphatic heterocycles. The van der Waals surface area contributed by atoms with E-state index in [1.807, 2.05) is 0 Å². The Balaban J connectivity index is 3.17. The molecule has 0 N–H and O–H groups in total. The van der Waals surface area contributed by atoms with Crippen LogP contribution >= 0.6 is 0 Å². The molecule has 1 amide bonds. The molecule has 3 nitrogen and oxygen atoms in total. The van der Waals surface area contributed by atoms with Crippen LogP contribution in [0.15, 0.2) is 26.3 Å². The Morgan fingerprint density at radius 3 is 1.84 bits per heavy atom. The molecule has 0 spiro atoms. The first kappa shape index (κ1) is 16.2.